The maximum absolute atomic E-state index is 11.3. The number of phenolic OH excluding ortho intramolecular Hbond substituents is 6. The summed E-state index contributed by atoms with van der Waals surface area (Å²) in [6, 6.07) is 30.5. The average molecular weight is 679 g/mol. The number of aromatic hydroxyl groups is 6. The summed E-state index contributed by atoms with van der Waals surface area (Å²) in [5.74, 6) is 0.123. The Morgan fingerprint density at radius 2 is 0.569 bits per heavy atom. The highest BCUT2D eigenvalue weighted by Gasteiger charge is 2.52. The van der Waals surface area contributed by atoms with E-state index in [-0.39, 0.29) is 34.5 Å². The number of phenols is 6. The Kier molecular flexibility index (Phi) is 6.07. The largest absolute Gasteiger partial charge is 0.508 e. The second kappa shape index (κ2) is 10.5. The zero-order chi connectivity index (χ0) is 34.7. The molecule has 0 bridgehead atoms. The summed E-state index contributed by atoms with van der Waals surface area (Å²) < 4.78 is 20.3. The summed E-state index contributed by atoms with van der Waals surface area (Å²) in [6.45, 7) is 0. The van der Waals surface area contributed by atoms with E-state index in [0.29, 0.717) is 17.2 Å². The molecule has 0 fully saturated rings. The van der Waals surface area contributed by atoms with Crippen molar-refractivity contribution in [3.63, 3.8) is 0 Å². The SMILES string of the molecule is Oc1ccc([C@H]2Oc3cc(O)cc4c3[C@@H]2c2cc(O)cc3c2[C@@H](c2cc(O)cc5c2[C@@H]4[C@H](c2ccc(O)cc2)O5)[C@H](c2ccc(O)cc2)O3)cc1. The lowest BCUT2D eigenvalue weighted by molar-refractivity contribution is 0.219. The third-order valence-electron chi connectivity index (χ3n) is 10.7. The van der Waals surface area contributed by atoms with Crippen molar-refractivity contribution in [2.45, 2.75) is 36.1 Å². The van der Waals surface area contributed by atoms with Gasteiger partial charge in [0.1, 0.15) is 70.1 Å². The molecule has 0 radical (unpaired) electrons. The molecule has 9 nitrogen and oxygen atoms in total. The lowest BCUT2D eigenvalue weighted by Gasteiger charge is -2.26. The second-order valence-corrected chi connectivity index (χ2v) is 13.7. The predicted octanol–water partition coefficient (Wildman–Crippen LogP) is 8.03. The fraction of sp³-hybridized carbons (Fsp3) is 0.143. The summed E-state index contributed by atoms with van der Waals surface area (Å²) >= 11 is 0. The van der Waals surface area contributed by atoms with Gasteiger partial charge in [0.05, 0.1) is 17.8 Å². The van der Waals surface area contributed by atoms with E-state index in [9.17, 15) is 30.6 Å². The molecule has 10 rings (SSSR count). The molecule has 3 heterocycles. The monoisotopic (exact) mass is 678 g/mol. The van der Waals surface area contributed by atoms with Crippen LogP contribution in [0, 0.1) is 0 Å². The van der Waals surface area contributed by atoms with Crippen LogP contribution in [-0.2, 0) is 0 Å². The molecule has 0 unspecified atom stereocenters. The van der Waals surface area contributed by atoms with E-state index in [1.165, 1.54) is 0 Å². The van der Waals surface area contributed by atoms with Crippen LogP contribution < -0.4 is 14.2 Å². The second-order valence-electron chi connectivity index (χ2n) is 13.7. The van der Waals surface area contributed by atoms with Gasteiger partial charge in [-0.25, -0.2) is 0 Å². The van der Waals surface area contributed by atoms with Gasteiger partial charge in [0.15, 0.2) is 0 Å². The zero-order valence-electron chi connectivity index (χ0n) is 26.8. The fourth-order valence-electron chi connectivity index (χ4n) is 8.76. The first-order chi connectivity index (χ1) is 24.7. The van der Waals surface area contributed by atoms with Gasteiger partial charge < -0.3 is 44.8 Å². The molecule has 51 heavy (non-hydrogen) atoms. The van der Waals surface area contributed by atoms with Crippen molar-refractivity contribution in [2.75, 3.05) is 0 Å². The lowest BCUT2D eigenvalue weighted by atomic mass is 9.76. The molecule has 6 aromatic rings. The van der Waals surface area contributed by atoms with E-state index >= 15 is 0 Å². The zero-order valence-corrected chi connectivity index (χ0v) is 26.8. The summed E-state index contributed by atoms with van der Waals surface area (Å²) in [5.41, 5.74) is 6.97. The van der Waals surface area contributed by atoms with E-state index in [1.807, 2.05) is 0 Å². The van der Waals surface area contributed by atoms with Crippen LogP contribution in [0.3, 0.4) is 0 Å². The molecular weight excluding hydrogens is 648 g/mol. The number of hydrogen-bond acceptors (Lipinski definition) is 9. The molecule has 0 aromatic heterocycles. The maximum Gasteiger partial charge on any atom is 0.135 e. The molecule has 0 saturated carbocycles. The first-order valence-corrected chi connectivity index (χ1v) is 16.7. The van der Waals surface area contributed by atoms with E-state index in [4.69, 9.17) is 14.2 Å². The molecule has 9 heteroatoms. The highest BCUT2D eigenvalue weighted by Crippen LogP contribution is 2.65. The molecule has 6 N–H and O–H groups in total. The van der Waals surface area contributed by atoms with E-state index < -0.39 is 36.1 Å². The van der Waals surface area contributed by atoms with E-state index in [1.54, 1.807) is 109 Å². The Labute approximate surface area is 291 Å². The maximum atomic E-state index is 11.3. The molecule has 0 spiro atoms. The van der Waals surface area contributed by atoms with Gasteiger partial charge in [-0.05, 0) is 88.0 Å². The van der Waals surface area contributed by atoms with Crippen molar-refractivity contribution in [3.05, 3.63) is 159 Å². The van der Waals surface area contributed by atoms with Gasteiger partial charge in [-0.3, -0.25) is 0 Å². The Bertz CT molecular complexity index is 2120. The van der Waals surface area contributed by atoms with Crippen LogP contribution in [0.5, 0.6) is 51.7 Å². The number of hydrogen-bond donors (Lipinski definition) is 6. The summed E-state index contributed by atoms with van der Waals surface area (Å²) in [7, 11) is 0. The minimum absolute atomic E-state index is 0.00268. The Balaban J connectivity index is 1.33. The molecule has 0 amide bonds. The lowest BCUT2D eigenvalue weighted by Crippen LogP contribution is -2.16. The van der Waals surface area contributed by atoms with Gasteiger partial charge in [0, 0.05) is 34.9 Å². The normalized spacial score (nSPS) is 23.1. The van der Waals surface area contributed by atoms with E-state index in [0.717, 1.165) is 50.1 Å². The fourth-order valence-corrected chi connectivity index (χ4v) is 8.76. The molecule has 1 aliphatic carbocycles. The number of fused-ring (bicyclic) bond motifs is 3. The van der Waals surface area contributed by atoms with Crippen LogP contribution >= 0.6 is 0 Å². The van der Waals surface area contributed by atoms with Gasteiger partial charge in [-0.1, -0.05) is 36.4 Å². The molecule has 252 valence electrons. The minimum Gasteiger partial charge on any atom is -0.508 e. The van der Waals surface area contributed by atoms with Gasteiger partial charge in [-0.2, -0.15) is 0 Å². The van der Waals surface area contributed by atoms with Gasteiger partial charge in [0.25, 0.3) is 0 Å². The molecule has 4 aliphatic rings. The molecule has 0 saturated heterocycles. The average Bonchev–Trinajstić information content (AvgIpc) is 3.80. The van der Waals surface area contributed by atoms with Crippen LogP contribution in [0.15, 0.2) is 109 Å². The minimum atomic E-state index is -0.635. The van der Waals surface area contributed by atoms with Crippen LogP contribution in [0.1, 0.15) is 86.1 Å². The summed E-state index contributed by atoms with van der Waals surface area (Å²) in [5, 5.41) is 64.5. The third-order valence-corrected chi connectivity index (χ3v) is 10.7. The van der Waals surface area contributed by atoms with Crippen molar-refractivity contribution in [1.82, 2.24) is 0 Å². The highest BCUT2D eigenvalue weighted by molar-refractivity contribution is 5.70. The van der Waals surface area contributed by atoms with Crippen molar-refractivity contribution < 1.29 is 44.8 Å². The van der Waals surface area contributed by atoms with Crippen LogP contribution in [0.2, 0.25) is 0 Å². The predicted molar refractivity (Wildman–Crippen MR) is 184 cm³/mol. The van der Waals surface area contributed by atoms with Gasteiger partial charge in [0.2, 0.25) is 0 Å². The molecule has 6 atom stereocenters. The standard InChI is InChI=1S/C42H30O9/c43-22-7-1-19(2-8-22)40-37-28-13-25(46)17-32-35(28)39(42(50-32)21-5-11-24(45)12-6-21)30-15-27(48)18-33-36(30)38(29-14-26(47)16-31(49-40)34(29)37)41(51-33)20-3-9-23(44)10-4-20/h1-18,37-48H/t37-,38-,39+,40+,41+,42-/m1/s1. The van der Waals surface area contributed by atoms with Crippen LogP contribution in [0.4, 0.5) is 0 Å². The highest BCUT2D eigenvalue weighted by atomic mass is 16.5. The molecular formula is C42H30O9. The Hall–Kier alpha value is -6.48. The summed E-state index contributed by atoms with van der Waals surface area (Å²) in [6.07, 6.45) is -1.91. The number of ether oxygens (including phenoxy) is 3. The van der Waals surface area contributed by atoms with Crippen molar-refractivity contribution in [2.24, 2.45) is 0 Å². The van der Waals surface area contributed by atoms with Crippen molar-refractivity contribution in [1.29, 1.82) is 0 Å². The first kappa shape index (κ1) is 29.4. The first-order valence-electron chi connectivity index (χ1n) is 16.7. The van der Waals surface area contributed by atoms with Crippen LogP contribution in [0.25, 0.3) is 0 Å². The quantitative estimate of drug-likeness (QED) is 0.109. The van der Waals surface area contributed by atoms with Crippen molar-refractivity contribution in [3.8, 4) is 51.7 Å². The van der Waals surface area contributed by atoms with Gasteiger partial charge >= 0.3 is 0 Å². The van der Waals surface area contributed by atoms with E-state index in [2.05, 4.69) is 0 Å². The topological polar surface area (TPSA) is 149 Å². The van der Waals surface area contributed by atoms with Gasteiger partial charge in [-0.15, -0.1) is 0 Å². The number of rotatable bonds is 3. The third kappa shape index (κ3) is 4.34. The Morgan fingerprint density at radius 1 is 0.314 bits per heavy atom. The Morgan fingerprint density at radius 3 is 0.824 bits per heavy atom. The van der Waals surface area contributed by atoms with Crippen LogP contribution in [-0.4, -0.2) is 30.6 Å². The smallest absolute Gasteiger partial charge is 0.135 e. The summed E-state index contributed by atoms with van der Waals surface area (Å²) in [4.78, 5) is 0. The molecule has 3 aliphatic heterocycles. The number of benzene rings is 6. The molecule has 6 aromatic carbocycles. The van der Waals surface area contributed by atoms with Crippen molar-refractivity contribution >= 4 is 0 Å².